The van der Waals surface area contributed by atoms with Gasteiger partial charge < -0.3 is 10.1 Å². The Bertz CT molecular complexity index is 983. The van der Waals surface area contributed by atoms with E-state index in [4.69, 9.17) is 9.72 Å². The van der Waals surface area contributed by atoms with Gasteiger partial charge in [-0.3, -0.25) is 9.69 Å². The molecule has 1 aliphatic rings. The molecule has 1 aliphatic heterocycles. The van der Waals surface area contributed by atoms with E-state index in [9.17, 15) is 9.59 Å². The van der Waals surface area contributed by atoms with Gasteiger partial charge in [0.15, 0.2) is 0 Å². The number of aromatic nitrogens is 1. The molecule has 6 nitrogen and oxygen atoms in total. The van der Waals surface area contributed by atoms with Gasteiger partial charge >= 0.3 is 5.97 Å². The van der Waals surface area contributed by atoms with E-state index in [0.29, 0.717) is 17.8 Å². The van der Waals surface area contributed by atoms with E-state index in [1.165, 1.54) is 11.8 Å². The molecule has 1 aromatic heterocycles. The van der Waals surface area contributed by atoms with Gasteiger partial charge in [-0.1, -0.05) is 18.6 Å². The van der Waals surface area contributed by atoms with Crippen molar-refractivity contribution in [3.8, 4) is 0 Å². The Morgan fingerprint density at radius 1 is 1.17 bits per heavy atom. The first-order chi connectivity index (χ1) is 14.1. The van der Waals surface area contributed by atoms with Gasteiger partial charge in [-0.2, -0.15) is 0 Å². The van der Waals surface area contributed by atoms with Gasteiger partial charge in [0.25, 0.3) is 0 Å². The van der Waals surface area contributed by atoms with Crippen molar-refractivity contribution in [2.75, 3.05) is 25.5 Å². The number of likely N-dealkylation sites (tertiary alicyclic amines) is 1. The number of hydrogen-bond acceptors (Lipinski definition) is 6. The maximum absolute atomic E-state index is 12.6. The van der Waals surface area contributed by atoms with Crippen molar-refractivity contribution < 1.29 is 14.3 Å². The molecular weight excluding hydrogens is 386 g/mol. The molecule has 0 aliphatic carbocycles. The lowest BCUT2D eigenvalue weighted by Gasteiger charge is -2.33. The van der Waals surface area contributed by atoms with Gasteiger partial charge in [-0.05, 0) is 55.8 Å². The first-order valence-corrected chi connectivity index (χ1v) is 10.5. The normalized spacial score (nSPS) is 17.2. The van der Waals surface area contributed by atoms with E-state index in [0.717, 1.165) is 36.3 Å². The predicted octanol–water partition coefficient (Wildman–Crippen LogP) is 4.25. The molecule has 2 heterocycles. The Labute approximate surface area is 173 Å². The quantitative estimate of drug-likeness (QED) is 0.638. The van der Waals surface area contributed by atoms with Crippen LogP contribution in [0.2, 0.25) is 0 Å². The average Bonchev–Trinajstić information content (AvgIpc) is 3.18. The van der Waals surface area contributed by atoms with E-state index in [1.807, 2.05) is 18.2 Å². The lowest BCUT2D eigenvalue weighted by molar-refractivity contribution is -0.118. The third-order valence-corrected chi connectivity index (χ3v) is 6.28. The van der Waals surface area contributed by atoms with Crippen LogP contribution in [0.15, 0.2) is 48.5 Å². The molecule has 1 N–H and O–H groups in total. The van der Waals surface area contributed by atoms with Crippen LogP contribution in [0.4, 0.5) is 5.69 Å². The largest absolute Gasteiger partial charge is 0.465 e. The summed E-state index contributed by atoms with van der Waals surface area (Å²) in [6, 6.07) is 15.1. The lowest BCUT2D eigenvalue weighted by Crippen LogP contribution is -2.39. The van der Waals surface area contributed by atoms with Crippen LogP contribution in [0.1, 0.15) is 40.7 Å². The highest BCUT2D eigenvalue weighted by atomic mass is 32.1. The minimum Gasteiger partial charge on any atom is -0.465 e. The number of fused-ring (bicyclic) bond motifs is 1. The number of anilines is 1. The minimum atomic E-state index is -0.394. The Morgan fingerprint density at radius 2 is 1.97 bits per heavy atom. The third kappa shape index (κ3) is 4.46. The molecule has 1 fully saturated rings. The Kier molecular flexibility index (Phi) is 5.87. The zero-order valence-electron chi connectivity index (χ0n) is 16.3. The number of rotatable bonds is 5. The monoisotopic (exact) mass is 409 g/mol. The molecular formula is C22H23N3O3S. The van der Waals surface area contributed by atoms with Gasteiger partial charge in [-0.25, -0.2) is 9.78 Å². The molecule has 0 radical (unpaired) electrons. The number of benzene rings is 2. The fraction of sp³-hybridized carbons (Fsp3) is 0.318. The fourth-order valence-electron chi connectivity index (χ4n) is 3.68. The van der Waals surface area contributed by atoms with Crippen molar-refractivity contribution in [1.29, 1.82) is 0 Å². The van der Waals surface area contributed by atoms with Crippen LogP contribution in [-0.2, 0) is 9.53 Å². The van der Waals surface area contributed by atoms with Crippen LogP contribution in [0.3, 0.4) is 0 Å². The van der Waals surface area contributed by atoms with Gasteiger partial charge in [0.2, 0.25) is 5.91 Å². The summed E-state index contributed by atoms with van der Waals surface area (Å²) in [5, 5.41) is 4.01. The summed E-state index contributed by atoms with van der Waals surface area (Å²) in [6.45, 7) is 1.20. The number of thiazole rings is 1. The van der Waals surface area contributed by atoms with Crippen LogP contribution in [-0.4, -0.2) is 42.0 Å². The van der Waals surface area contributed by atoms with Gasteiger partial charge in [0.1, 0.15) is 5.01 Å². The van der Waals surface area contributed by atoms with E-state index < -0.39 is 5.97 Å². The third-order valence-electron chi connectivity index (χ3n) is 5.15. The Balaban J connectivity index is 1.43. The SMILES string of the molecule is COC(=O)c1ccc(NC(=O)CN2CCCC[C@H]2c2nc3ccccc3s2)cc1. The van der Waals surface area contributed by atoms with Crippen molar-refractivity contribution in [3.63, 3.8) is 0 Å². The number of nitrogens with zero attached hydrogens (tertiary/aromatic N) is 2. The molecule has 7 heteroatoms. The predicted molar refractivity (Wildman–Crippen MR) is 114 cm³/mol. The molecule has 0 spiro atoms. The molecule has 150 valence electrons. The Morgan fingerprint density at radius 3 is 2.72 bits per heavy atom. The molecule has 1 saturated heterocycles. The second-order valence-corrected chi connectivity index (χ2v) is 8.18. The van der Waals surface area contributed by atoms with Crippen LogP contribution in [0.25, 0.3) is 10.2 Å². The topological polar surface area (TPSA) is 71.5 Å². The standard InChI is InChI=1S/C22H23N3O3S/c1-28-22(27)15-9-11-16(12-10-15)23-20(26)14-25-13-5-4-7-18(25)21-24-17-6-2-3-8-19(17)29-21/h2-3,6,8-12,18H,4-5,7,13-14H2,1H3,(H,23,26)/t18-/m0/s1. The minimum absolute atomic E-state index is 0.0659. The number of nitrogens with one attached hydrogen (secondary N) is 1. The van der Waals surface area contributed by atoms with Gasteiger partial charge in [-0.15, -0.1) is 11.3 Å². The Hall–Kier alpha value is -2.77. The van der Waals surface area contributed by atoms with Gasteiger partial charge in [0.05, 0.1) is 35.5 Å². The number of piperidine rings is 1. The number of esters is 1. The number of hydrogen-bond donors (Lipinski definition) is 1. The molecule has 29 heavy (non-hydrogen) atoms. The number of para-hydroxylation sites is 1. The van der Waals surface area contributed by atoms with Gasteiger partial charge in [0, 0.05) is 5.69 Å². The summed E-state index contributed by atoms with van der Waals surface area (Å²) >= 11 is 1.72. The van der Waals surface area contributed by atoms with E-state index >= 15 is 0 Å². The van der Waals surface area contributed by atoms with Crippen molar-refractivity contribution in [1.82, 2.24) is 9.88 Å². The van der Waals surface area contributed by atoms with Crippen LogP contribution in [0, 0.1) is 0 Å². The fourth-order valence-corrected chi connectivity index (χ4v) is 4.82. The molecule has 0 bridgehead atoms. The van der Waals surface area contributed by atoms with E-state index in [2.05, 4.69) is 16.3 Å². The first-order valence-electron chi connectivity index (χ1n) is 9.72. The number of carbonyl (C=O) groups excluding carboxylic acids is 2. The van der Waals surface area contributed by atoms with Crippen LogP contribution in [0.5, 0.6) is 0 Å². The smallest absolute Gasteiger partial charge is 0.337 e. The maximum Gasteiger partial charge on any atom is 0.337 e. The zero-order chi connectivity index (χ0) is 20.2. The molecule has 3 aromatic rings. The lowest BCUT2D eigenvalue weighted by atomic mass is 10.0. The molecule has 2 aromatic carbocycles. The zero-order valence-corrected chi connectivity index (χ0v) is 17.1. The van der Waals surface area contributed by atoms with Crippen molar-refractivity contribution >= 4 is 39.1 Å². The van der Waals surface area contributed by atoms with Crippen LogP contribution >= 0.6 is 11.3 Å². The first kappa shape index (κ1) is 19.5. The van der Waals surface area contributed by atoms with E-state index in [-0.39, 0.29) is 11.9 Å². The highest BCUT2D eigenvalue weighted by molar-refractivity contribution is 7.18. The number of amides is 1. The number of methoxy groups -OCH3 is 1. The summed E-state index contributed by atoms with van der Waals surface area (Å²) in [7, 11) is 1.35. The van der Waals surface area contributed by atoms with Crippen molar-refractivity contribution in [2.24, 2.45) is 0 Å². The summed E-state index contributed by atoms with van der Waals surface area (Å²) in [4.78, 5) is 31.2. The average molecular weight is 410 g/mol. The highest BCUT2D eigenvalue weighted by Crippen LogP contribution is 2.35. The summed E-state index contributed by atoms with van der Waals surface area (Å²) in [5.41, 5.74) is 2.14. The highest BCUT2D eigenvalue weighted by Gasteiger charge is 2.28. The molecule has 0 saturated carbocycles. The van der Waals surface area contributed by atoms with Crippen molar-refractivity contribution in [3.05, 3.63) is 59.1 Å². The van der Waals surface area contributed by atoms with Crippen molar-refractivity contribution in [2.45, 2.75) is 25.3 Å². The summed E-state index contributed by atoms with van der Waals surface area (Å²) in [6.07, 6.45) is 3.25. The summed E-state index contributed by atoms with van der Waals surface area (Å²) < 4.78 is 5.88. The number of ether oxygens (including phenoxy) is 1. The molecule has 1 atom stereocenters. The number of carbonyl (C=O) groups is 2. The van der Waals surface area contributed by atoms with E-state index in [1.54, 1.807) is 35.6 Å². The summed E-state index contributed by atoms with van der Waals surface area (Å²) in [5.74, 6) is -0.460. The second kappa shape index (κ2) is 8.71. The molecule has 0 unspecified atom stereocenters. The maximum atomic E-state index is 12.6. The molecule has 1 amide bonds. The van der Waals surface area contributed by atoms with Crippen LogP contribution < -0.4 is 5.32 Å². The second-order valence-electron chi connectivity index (χ2n) is 7.12. The molecule has 4 rings (SSSR count).